The number of piperidine rings is 3. The Morgan fingerprint density at radius 2 is 1.68 bits per heavy atom. The van der Waals surface area contributed by atoms with Crippen LogP contribution in [-0.2, 0) is 27.2 Å². The number of methoxy groups -OCH3 is 2. The molecule has 1 N–H and O–H groups in total. The summed E-state index contributed by atoms with van der Waals surface area (Å²) in [6, 6.07) is 17.2. The first-order chi connectivity index (χ1) is 24.2. The minimum atomic E-state index is -0.916. The summed E-state index contributed by atoms with van der Waals surface area (Å²) in [7, 11) is 3.06. The van der Waals surface area contributed by atoms with Gasteiger partial charge >= 0.3 is 11.9 Å². The maximum absolute atomic E-state index is 14.3. The molecule has 3 atom stereocenters. The van der Waals surface area contributed by atoms with Crippen molar-refractivity contribution < 1.29 is 32.9 Å². The number of ether oxygens (including phenoxy) is 4. The number of pyridine rings is 1. The Morgan fingerprint density at radius 1 is 0.940 bits per heavy atom. The molecule has 50 heavy (non-hydrogen) atoms. The molecule has 3 aliphatic rings. The van der Waals surface area contributed by atoms with E-state index in [1.807, 2.05) is 6.07 Å². The number of hydrogen-bond donors (Lipinski definition) is 1. The van der Waals surface area contributed by atoms with Gasteiger partial charge in [0, 0.05) is 31.9 Å². The van der Waals surface area contributed by atoms with E-state index >= 15 is 0 Å². The summed E-state index contributed by atoms with van der Waals surface area (Å²) in [5, 5.41) is 3.93. The van der Waals surface area contributed by atoms with Gasteiger partial charge in [-0.15, -0.1) is 0 Å². The molecule has 0 amide bonds. The van der Waals surface area contributed by atoms with Crippen LogP contribution in [0.25, 0.3) is 0 Å². The molecule has 2 bridgehead atoms. The fourth-order valence-corrected chi connectivity index (χ4v) is 7.13. The maximum Gasteiger partial charge on any atom is 0.338 e. The minimum Gasteiger partial charge on any atom is -0.493 e. The summed E-state index contributed by atoms with van der Waals surface area (Å²) in [5.74, 6) is -0.189. The molecule has 7 rings (SSSR count). The molecule has 4 aromatic rings. The van der Waals surface area contributed by atoms with Gasteiger partial charge in [-0.2, -0.15) is 0 Å². The highest BCUT2D eigenvalue weighted by Gasteiger charge is 2.38. The van der Waals surface area contributed by atoms with E-state index in [9.17, 15) is 14.0 Å². The second-order valence-electron chi connectivity index (χ2n) is 12.5. The van der Waals surface area contributed by atoms with E-state index in [2.05, 4.69) is 15.2 Å². The van der Waals surface area contributed by atoms with Crippen LogP contribution in [0.1, 0.15) is 57.6 Å². The zero-order valence-electron chi connectivity index (χ0n) is 27.7. The summed E-state index contributed by atoms with van der Waals surface area (Å²) in [4.78, 5) is 33.6. The van der Waals surface area contributed by atoms with Crippen LogP contribution in [0.4, 0.5) is 4.39 Å². The molecule has 0 radical (unpaired) electrons. The van der Waals surface area contributed by atoms with Crippen LogP contribution in [0.3, 0.4) is 0 Å². The Hall–Kier alpha value is -4.22. The van der Waals surface area contributed by atoms with Crippen LogP contribution in [0.5, 0.6) is 11.5 Å². The summed E-state index contributed by atoms with van der Waals surface area (Å²) in [5.41, 5.74) is 2.66. The molecule has 3 aliphatic heterocycles. The lowest BCUT2D eigenvalue weighted by Gasteiger charge is -2.44. The van der Waals surface area contributed by atoms with Gasteiger partial charge in [0.1, 0.15) is 24.1 Å². The number of rotatable bonds is 13. The van der Waals surface area contributed by atoms with Crippen LogP contribution in [0.2, 0.25) is 10.0 Å². The van der Waals surface area contributed by atoms with E-state index in [0.717, 1.165) is 25.9 Å². The lowest BCUT2D eigenvalue weighted by molar-refractivity contribution is -0.161. The third-order valence-corrected chi connectivity index (χ3v) is 9.98. The number of aromatic nitrogens is 1. The van der Waals surface area contributed by atoms with Gasteiger partial charge in [-0.25, -0.2) is 14.0 Å². The van der Waals surface area contributed by atoms with Crippen LogP contribution in [0, 0.1) is 11.7 Å². The molecular weight excluding hydrogens is 684 g/mol. The number of fused-ring (bicyclic) bond motifs is 3. The van der Waals surface area contributed by atoms with Crippen molar-refractivity contribution >= 4 is 35.1 Å². The first-order valence-electron chi connectivity index (χ1n) is 16.4. The second-order valence-corrected chi connectivity index (χ2v) is 13.3. The van der Waals surface area contributed by atoms with Gasteiger partial charge in [0.15, 0.2) is 11.5 Å². The number of nitrogens with zero attached hydrogens (tertiary/aromatic N) is 2. The summed E-state index contributed by atoms with van der Waals surface area (Å²) >= 11 is 12.9. The Balaban J connectivity index is 1.20. The van der Waals surface area contributed by atoms with Crippen molar-refractivity contribution in [1.29, 1.82) is 0 Å². The molecule has 3 saturated heterocycles. The average molecular weight is 723 g/mol. The molecule has 1 aromatic heterocycles. The van der Waals surface area contributed by atoms with Crippen molar-refractivity contribution in [2.75, 3.05) is 33.9 Å². The Bertz CT molecular complexity index is 1820. The number of halogens is 3. The zero-order chi connectivity index (χ0) is 35.2. The van der Waals surface area contributed by atoms with Gasteiger partial charge in [-0.3, -0.25) is 15.2 Å². The highest BCUT2D eigenvalue weighted by Crippen LogP contribution is 2.36. The average Bonchev–Trinajstić information content (AvgIpc) is 3.13. The summed E-state index contributed by atoms with van der Waals surface area (Å²) in [6.07, 6.45) is 4.12. The molecule has 9 nitrogen and oxygen atoms in total. The van der Waals surface area contributed by atoms with Crippen LogP contribution in [0.15, 0.2) is 79.1 Å². The van der Waals surface area contributed by atoms with Gasteiger partial charge in [-0.05, 0) is 90.5 Å². The predicted molar refractivity (Wildman–Crippen MR) is 187 cm³/mol. The minimum absolute atomic E-state index is 0.166. The first kappa shape index (κ1) is 35.6. The predicted octanol–water partition coefficient (Wildman–Crippen LogP) is 7.15. The van der Waals surface area contributed by atoms with E-state index < -0.39 is 29.9 Å². The van der Waals surface area contributed by atoms with Gasteiger partial charge < -0.3 is 18.9 Å². The zero-order valence-corrected chi connectivity index (χ0v) is 29.3. The van der Waals surface area contributed by atoms with E-state index in [-0.39, 0.29) is 19.1 Å². The Kier molecular flexibility index (Phi) is 11.5. The standard InChI is InChI=1S/C38H38Cl2FN3O6/c1-47-32-10-9-25(17-34(32)48-2)33(18-29-30(39)20-42-21-31(29)40)49-37(45)27-7-3-5-23(15-27)19-43-36(26-6-4-8-28(41)16-26)38(46)50-35-22-44-13-11-24(35)12-14-44/h3-10,15-17,20-21,24,33,35-36,43H,11-14,18-19,22H2,1-2H3/t33?,35-,36?/m0/s1. The number of hydrogen-bond acceptors (Lipinski definition) is 9. The van der Waals surface area contributed by atoms with Crippen molar-refractivity contribution in [2.45, 2.75) is 44.1 Å². The quantitative estimate of drug-likeness (QED) is 0.144. The molecule has 0 spiro atoms. The maximum atomic E-state index is 14.3. The Morgan fingerprint density at radius 3 is 2.36 bits per heavy atom. The van der Waals surface area contributed by atoms with E-state index in [1.165, 1.54) is 38.7 Å². The lowest BCUT2D eigenvalue weighted by Crippen LogP contribution is -2.52. The molecular formula is C38H38Cl2FN3O6. The van der Waals surface area contributed by atoms with Crippen molar-refractivity contribution in [3.63, 3.8) is 0 Å². The molecule has 3 aromatic carbocycles. The molecule has 2 unspecified atom stereocenters. The van der Waals surface area contributed by atoms with Crippen molar-refractivity contribution in [3.8, 4) is 11.5 Å². The number of esters is 2. The lowest BCUT2D eigenvalue weighted by atomic mass is 9.86. The molecule has 12 heteroatoms. The molecule has 0 saturated carbocycles. The molecule has 3 fully saturated rings. The van der Waals surface area contributed by atoms with Gasteiger partial charge in [0.05, 0.1) is 29.8 Å². The summed E-state index contributed by atoms with van der Waals surface area (Å²) in [6.45, 7) is 2.94. The largest absolute Gasteiger partial charge is 0.493 e. The van der Waals surface area contributed by atoms with Crippen molar-refractivity contribution in [2.24, 2.45) is 5.92 Å². The van der Waals surface area contributed by atoms with Crippen LogP contribution >= 0.6 is 23.2 Å². The van der Waals surface area contributed by atoms with Crippen molar-refractivity contribution in [1.82, 2.24) is 15.2 Å². The number of carbonyl (C=O) groups excluding carboxylic acids is 2. The van der Waals surface area contributed by atoms with Gasteiger partial charge in [0.2, 0.25) is 0 Å². The first-order valence-corrected chi connectivity index (χ1v) is 17.2. The topological polar surface area (TPSA) is 99.2 Å². The van der Waals surface area contributed by atoms with E-state index in [0.29, 0.717) is 61.8 Å². The van der Waals surface area contributed by atoms with Gasteiger partial charge in [-0.1, -0.05) is 53.5 Å². The molecule has 262 valence electrons. The van der Waals surface area contributed by atoms with E-state index in [4.69, 9.17) is 42.1 Å². The number of nitrogens with one attached hydrogen (secondary N) is 1. The monoisotopic (exact) mass is 721 g/mol. The number of carbonyl (C=O) groups is 2. The van der Waals surface area contributed by atoms with Crippen LogP contribution < -0.4 is 14.8 Å². The third kappa shape index (κ3) is 8.38. The van der Waals surface area contributed by atoms with Crippen LogP contribution in [-0.4, -0.2) is 61.8 Å². The fourth-order valence-electron chi connectivity index (χ4n) is 6.61. The number of benzene rings is 3. The highest BCUT2D eigenvalue weighted by molar-refractivity contribution is 6.35. The normalized spacial score (nSPS) is 19.3. The van der Waals surface area contributed by atoms with E-state index in [1.54, 1.807) is 48.5 Å². The molecule has 0 aliphatic carbocycles. The summed E-state index contributed by atoms with van der Waals surface area (Å²) < 4.78 is 37.3. The Labute approximate surface area is 300 Å². The van der Waals surface area contributed by atoms with Gasteiger partial charge in [0.25, 0.3) is 0 Å². The fraction of sp³-hybridized carbons (Fsp3) is 0.342. The second kappa shape index (κ2) is 16.2. The van der Waals surface area contributed by atoms with Crippen molar-refractivity contribution in [3.05, 3.63) is 123 Å². The highest BCUT2D eigenvalue weighted by atomic mass is 35.5. The third-order valence-electron chi connectivity index (χ3n) is 9.32. The smallest absolute Gasteiger partial charge is 0.338 e. The molecule has 4 heterocycles. The SMILES string of the molecule is COc1ccc(C(Cc2c(Cl)cncc2Cl)OC(=O)c2cccc(CNC(C(=O)O[C@H]3CN4CCC3CC4)c3cccc(F)c3)c2)cc1OC.